The quantitative estimate of drug-likeness (QED) is 0.611. The van der Waals surface area contributed by atoms with Gasteiger partial charge in [-0.2, -0.15) is 0 Å². The highest BCUT2D eigenvalue weighted by molar-refractivity contribution is 5.56. The molecule has 0 spiro atoms. The fraction of sp³-hybridized carbons (Fsp3) is 0.500. The standard InChI is InChI=1S/C10H15N3O2/c1-4-10(2,3)12-9-8(13(14)15)6-5-7-11-9/h5-7H,4H2,1-3H3,(H,11,12). The molecular weight excluding hydrogens is 194 g/mol. The number of rotatable bonds is 4. The van der Waals surface area contributed by atoms with Crippen molar-refractivity contribution in [3.63, 3.8) is 0 Å². The molecule has 1 aromatic rings. The van der Waals surface area contributed by atoms with Crippen molar-refractivity contribution in [2.75, 3.05) is 5.32 Å². The number of nitro groups is 1. The second-order valence-electron chi connectivity index (χ2n) is 3.99. The molecule has 0 aliphatic rings. The molecule has 0 fully saturated rings. The van der Waals surface area contributed by atoms with E-state index in [0.717, 1.165) is 6.42 Å². The highest BCUT2D eigenvalue weighted by Crippen LogP contribution is 2.24. The second kappa shape index (κ2) is 4.25. The summed E-state index contributed by atoms with van der Waals surface area (Å²) in [7, 11) is 0. The zero-order valence-electron chi connectivity index (χ0n) is 9.15. The van der Waals surface area contributed by atoms with Crippen LogP contribution in [0.25, 0.3) is 0 Å². The van der Waals surface area contributed by atoms with Crippen LogP contribution < -0.4 is 5.32 Å². The Bertz CT molecular complexity index is 363. The van der Waals surface area contributed by atoms with Crippen LogP contribution in [-0.4, -0.2) is 15.4 Å². The SMILES string of the molecule is CCC(C)(C)Nc1ncccc1[N+](=O)[O-]. The molecule has 0 aromatic carbocycles. The van der Waals surface area contributed by atoms with Crippen LogP contribution >= 0.6 is 0 Å². The van der Waals surface area contributed by atoms with E-state index in [0.29, 0.717) is 5.82 Å². The van der Waals surface area contributed by atoms with Gasteiger partial charge in [0.05, 0.1) is 4.92 Å². The predicted molar refractivity (Wildman–Crippen MR) is 58.9 cm³/mol. The number of aromatic nitrogens is 1. The molecule has 1 aromatic heterocycles. The van der Waals surface area contributed by atoms with Crippen LogP contribution in [0, 0.1) is 10.1 Å². The lowest BCUT2D eigenvalue weighted by Gasteiger charge is -2.24. The molecular formula is C10H15N3O2. The maximum Gasteiger partial charge on any atom is 0.311 e. The summed E-state index contributed by atoms with van der Waals surface area (Å²) < 4.78 is 0. The normalized spacial score (nSPS) is 11.1. The van der Waals surface area contributed by atoms with E-state index in [1.54, 1.807) is 12.3 Å². The Kier molecular flexibility index (Phi) is 3.24. The van der Waals surface area contributed by atoms with Crippen molar-refractivity contribution in [2.45, 2.75) is 32.7 Å². The van der Waals surface area contributed by atoms with E-state index in [-0.39, 0.29) is 11.2 Å². The molecule has 0 aliphatic heterocycles. The number of pyridine rings is 1. The molecule has 0 bridgehead atoms. The second-order valence-corrected chi connectivity index (χ2v) is 3.99. The summed E-state index contributed by atoms with van der Waals surface area (Å²) in [4.78, 5) is 14.3. The van der Waals surface area contributed by atoms with Gasteiger partial charge >= 0.3 is 5.69 Å². The smallest absolute Gasteiger partial charge is 0.311 e. The molecule has 1 N–H and O–H groups in total. The summed E-state index contributed by atoms with van der Waals surface area (Å²) in [5.41, 5.74) is -0.182. The third kappa shape index (κ3) is 2.90. The lowest BCUT2D eigenvalue weighted by molar-refractivity contribution is -0.384. The van der Waals surface area contributed by atoms with Gasteiger partial charge < -0.3 is 5.32 Å². The van der Waals surface area contributed by atoms with Gasteiger partial charge in [-0.1, -0.05) is 6.92 Å². The highest BCUT2D eigenvalue weighted by atomic mass is 16.6. The average Bonchev–Trinajstić information content (AvgIpc) is 2.18. The molecule has 0 unspecified atom stereocenters. The minimum absolute atomic E-state index is 0.0130. The molecule has 5 nitrogen and oxygen atoms in total. The van der Waals surface area contributed by atoms with Crippen molar-refractivity contribution in [1.29, 1.82) is 0 Å². The molecule has 0 saturated carbocycles. The highest BCUT2D eigenvalue weighted by Gasteiger charge is 2.21. The maximum atomic E-state index is 10.7. The molecule has 82 valence electrons. The molecule has 0 aliphatic carbocycles. The Morgan fingerprint density at radius 3 is 2.80 bits per heavy atom. The van der Waals surface area contributed by atoms with E-state index in [9.17, 15) is 10.1 Å². The van der Waals surface area contributed by atoms with Crippen LogP contribution in [-0.2, 0) is 0 Å². The topological polar surface area (TPSA) is 68.1 Å². The first-order valence-electron chi connectivity index (χ1n) is 4.84. The van der Waals surface area contributed by atoms with Gasteiger partial charge in [-0.05, 0) is 26.3 Å². The van der Waals surface area contributed by atoms with Crippen molar-refractivity contribution in [3.05, 3.63) is 28.4 Å². The van der Waals surface area contributed by atoms with E-state index in [4.69, 9.17) is 0 Å². The molecule has 1 heterocycles. The number of nitrogens with one attached hydrogen (secondary N) is 1. The molecule has 15 heavy (non-hydrogen) atoms. The van der Waals surface area contributed by atoms with E-state index < -0.39 is 4.92 Å². The molecule has 1 rings (SSSR count). The zero-order chi connectivity index (χ0) is 11.5. The first-order valence-corrected chi connectivity index (χ1v) is 4.84. The van der Waals surface area contributed by atoms with Gasteiger partial charge in [-0.15, -0.1) is 0 Å². The molecule has 0 atom stereocenters. The van der Waals surface area contributed by atoms with Crippen molar-refractivity contribution in [1.82, 2.24) is 4.98 Å². The van der Waals surface area contributed by atoms with Crippen molar-refractivity contribution >= 4 is 11.5 Å². The Balaban J connectivity index is 2.99. The monoisotopic (exact) mass is 209 g/mol. The van der Waals surface area contributed by atoms with Crippen LogP contribution in [0.2, 0.25) is 0 Å². The first-order chi connectivity index (χ1) is 6.96. The van der Waals surface area contributed by atoms with Crippen molar-refractivity contribution in [3.8, 4) is 0 Å². The first kappa shape index (κ1) is 11.4. The van der Waals surface area contributed by atoms with Gasteiger partial charge in [0.1, 0.15) is 0 Å². The van der Waals surface area contributed by atoms with E-state index in [1.807, 2.05) is 20.8 Å². The van der Waals surface area contributed by atoms with Crippen molar-refractivity contribution < 1.29 is 4.92 Å². The van der Waals surface area contributed by atoms with Gasteiger partial charge in [0.15, 0.2) is 0 Å². The fourth-order valence-electron chi connectivity index (χ4n) is 1.05. The Morgan fingerprint density at radius 2 is 2.27 bits per heavy atom. The number of hydrogen-bond donors (Lipinski definition) is 1. The van der Waals surface area contributed by atoms with Gasteiger partial charge in [-0.25, -0.2) is 4.98 Å². The average molecular weight is 209 g/mol. The van der Waals surface area contributed by atoms with Gasteiger partial charge in [0.25, 0.3) is 0 Å². The number of hydrogen-bond acceptors (Lipinski definition) is 4. The third-order valence-electron chi connectivity index (χ3n) is 2.32. The summed E-state index contributed by atoms with van der Waals surface area (Å²) in [5, 5.41) is 13.8. The summed E-state index contributed by atoms with van der Waals surface area (Å²) in [5.74, 6) is 0.328. The summed E-state index contributed by atoms with van der Waals surface area (Å²) >= 11 is 0. The van der Waals surface area contributed by atoms with Crippen LogP contribution in [0.3, 0.4) is 0 Å². The Hall–Kier alpha value is -1.65. The largest absolute Gasteiger partial charge is 0.359 e. The van der Waals surface area contributed by atoms with Gasteiger partial charge in [0.2, 0.25) is 5.82 Å². The zero-order valence-corrected chi connectivity index (χ0v) is 9.15. The summed E-state index contributed by atoms with van der Waals surface area (Å²) in [6.45, 7) is 5.97. The Morgan fingerprint density at radius 1 is 1.60 bits per heavy atom. The van der Waals surface area contributed by atoms with E-state index in [2.05, 4.69) is 10.3 Å². The lowest BCUT2D eigenvalue weighted by Crippen LogP contribution is -2.30. The van der Waals surface area contributed by atoms with Gasteiger partial charge in [-0.3, -0.25) is 10.1 Å². The van der Waals surface area contributed by atoms with Crippen LogP contribution in [0.15, 0.2) is 18.3 Å². The van der Waals surface area contributed by atoms with Crippen molar-refractivity contribution in [2.24, 2.45) is 0 Å². The van der Waals surface area contributed by atoms with Crippen LogP contribution in [0.1, 0.15) is 27.2 Å². The van der Waals surface area contributed by atoms with E-state index >= 15 is 0 Å². The molecule has 0 saturated heterocycles. The van der Waals surface area contributed by atoms with E-state index in [1.165, 1.54) is 6.07 Å². The summed E-state index contributed by atoms with van der Waals surface area (Å²) in [6, 6.07) is 3.00. The van der Waals surface area contributed by atoms with Crippen LogP contribution in [0.5, 0.6) is 0 Å². The van der Waals surface area contributed by atoms with Crippen LogP contribution in [0.4, 0.5) is 11.5 Å². The third-order valence-corrected chi connectivity index (χ3v) is 2.32. The molecule has 5 heteroatoms. The number of anilines is 1. The van der Waals surface area contributed by atoms with Gasteiger partial charge in [0, 0.05) is 17.8 Å². The maximum absolute atomic E-state index is 10.7. The molecule has 0 radical (unpaired) electrons. The minimum atomic E-state index is -0.429. The number of nitrogens with zero attached hydrogens (tertiary/aromatic N) is 2. The predicted octanol–water partition coefficient (Wildman–Crippen LogP) is 2.59. The minimum Gasteiger partial charge on any atom is -0.359 e. The summed E-state index contributed by atoms with van der Waals surface area (Å²) in [6.07, 6.45) is 2.40. The fourth-order valence-corrected chi connectivity index (χ4v) is 1.05. The Labute approximate surface area is 88.7 Å². The lowest BCUT2D eigenvalue weighted by atomic mass is 10.0. The molecule has 0 amide bonds.